The minimum absolute atomic E-state index is 0.00608. The third-order valence-electron chi connectivity index (χ3n) is 3.65. The van der Waals surface area contributed by atoms with Crippen LogP contribution in [0.1, 0.15) is 16.8 Å². The number of halogens is 1. The monoisotopic (exact) mass is 281 g/mol. The van der Waals surface area contributed by atoms with Crippen molar-refractivity contribution in [1.82, 2.24) is 14.5 Å². The number of nitrogens with two attached hydrogens (primary N) is 1. The van der Waals surface area contributed by atoms with Gasteiger partial charge in [-0.05, 0) is 37.6 Å². The van der Waals surface area contributed by atoms with Crippen molar-refractivity contribution in [3.05, 3.63) is 47.2 Å². The lowest BCUT2D eigenvalue weighted by Crippen LogP contribution is -2.00. The normalized spacial score (nSPS) is 10.8. The molecule has 0 aliphatic carbocycles. The Kier molecular flexibility index (Phi) is 2.84. The van der Waals surface area contributed by atoms with Crippen LogP contribution in [0.25, 0.3) is 16.7 Å². The van der Waals surface area contributed by atoms with Gasteiger partial charge in [-0.25, -0.2) is 14.4 Å². The number of nitrogen functional groups attached to an aromatic ring is 1. The van der Waals surface area contributed by atoms with E-state index in [9.17, 15) is 4.39 Å². The third kappa shape index (κ3) is 1.82. The Hall–Kier alpha value is -2.94. The maximum Gasteiger partial charge on any atom is 0.150 e. The lowest BCUT2D eigenvalue weighted by Gasteiger charge is -2.08. The number of aryl methyl sites for hydroxylation is 1. The summed E-state index contributed by atoms with van der Waals surface area (Å²) in [6.07, 6.45) is 1.39. The van der Waals surface area contributed by atoms with Crippen molar-refractivity contribution >= 4 is 16.9 Å². The Balaban J connectivity index is 2.39. The number of fused-ring (bicyclic) bond motifs is 1. The molecule has 0 radical (unpaired) electrons. The summed E-state index contributed by atoms with van der Waals surface area (Å²) in [6, 6.07) is 6.23. The van der Waals surface area contributed by atoms with Crippen molar-refractivity contribution in [3.63, 3.8) is 0 Å². The van der Waals surface area contributed by atoms with Crippen molar-refractivity contribution in [2.24, 2.45) is 0 Å². The Morgan fingerprint density at radius 1 is 1.29 bits per heavy atom. The topological polar surface area (TPSA) is 80.5 Å². The minimum atomic E-state index is -0.541. The number of nitrogens with zero attached hydrogens (tertiary/aromatic N) is 4. The first-order valence-corrected chi connectivity index (χ1v) is 6.32. The maximum absolute atomic E-state index is 13.5. The highest BCUT2D eigenvalue weighted by molar-refractivity contribution is 5.92. The van der Waals surface area contributed by atoms with Crippen LogP contribution in [0, 0.1) is 31.0 Å². The van der Waals surface area contributed by atoms with Crippen LogP contribution in [-0.2, 0) is 0 Å². The van der Waals surface area contributed by atoms with Gasteiger partial charge in [-0.3, -0.25) is 4.57 Å². The molecule has 5 nitrogen and oxygen atoms in total. The highest BCUT2D eigenvalue weighted by atomic mass is 19.1. The fourth-order valence-electron chi connectivity index (χ4n) is 2.48. The molecule has 21 heavy (non-hydrogen) atoms. The predicted octanol–water partition coefficient (Wildman–Crippen LogP) is 2.63. The van der Waals surface area contributed by atoms with E-state index >= 15 is 0 Å². The Bertz CT molecular complexity index is 905. The van der Waals surface area contributed by atoms with Gasteiger partial charge < -0.3 is 5.73 Å². The number of rotatable bonds is 1. The SMILES string of the molecule is Cc1c(C)n(-c2ccc(F)c(C#N)c2)c2ncnc(N)c12. The third-order valence-corrected chi connectivity index (χ3v) is 3.65. The summed E-state index contributed by atoms with van der Waals surface area (Å²) in [5.41, 5.74) is 9.12. The molecule has 0 amide bonds. The van der Waals surface area contributed by atoms with Crippen molar-refractivity contribution in [2.75, 3.05) is 5.73 Å². The van der Waals surface area contributed by atoms with Crippen molar-refractivity contribution in [1.29, 1.82) is 5.26 Å². The standard InChI is InChI=1S/C15H12FN5/c1-8-9(2)21(15-13(8)14(18)19-7-20-15)11-3-4-12(16)10(5-11)6-17/h3-5,7H,1-2H3,(H2,18,19,20). The highest BCUT2D eigenvalue weighted by Crippen LogP contribution is 2.30. The molecule has 104 valence electrons. The highest BCUT2D eigenvalue weighted by Gasteiger charge is 2.17. The van der Waals surface area contributed by atoms with Gasteiger partial charge in [0.1, 0.15) is 24.0 Å². The molecule has 0 saturated carbocycles. The molecule has 2 heterocycles. The molecule has 6 heteroatoms. The number of hydrogen-bond donors (Lipinski definition) is 1. The van der Waals surface area contributed by atoms with Gasteiger partial charge in [-0.1, -0.05) is 0 Å². The first-order chi connectivity index (χ1) is 10.0. The largest absolute Gasteiger partial charge is 0.383 e. The van der Waals surface area contributed by atoms with Gasteiger partial charge in [-0.2, -0.15) is 5.26 Å². The van der Waals surface area contributed by atoms with E-state index in [2.05, 4.69) is 9.97 Å². The molecule has 3 rings (SSSR count). The van der Waals surface area contributed by atoms with Crippen LogP contribution in [0.5, 0.6) is 0 Å². The second kappa shape index (κ2) is 4.56. The molecule has 0 saturated heterocycles. The summed E-state index contributed by atoms with van der Waals surface area (Å²) in [7, 11) is 0. The average Bonchev–Trinajstić information content (AvgIpc) is 2.73. The molecule has 3 aromatic rings. The molecule has 0 unspecified atom stereocenters. The van der Waals surface area contributed by atoms with Gasteiger partial charge in [0.15, 0.2) is 5.65 Å². The lowest BCUT2D eigenvalue weighted by molar-refractivity contribution is 0.623. The van der Waals surface area contributed by atoms with Gasteiger partial charge in [0.2, 0.25) is 0 Å². The first-order valence-electron chi connectivity index (χ1n) is 6.32. The number of hydrogen-bond acceptors (Lipinski definition) is 4. The molecular weight excluding hydrogens is 269 g/mol. The van der Waals surface area contributed by atoms with Crippen LogP contribution >= 0.6 is 0 Å². The fraction of sp³-hybridized carbons (Fsp3) is 0.133. The van der Waals surface area contributed by atoms with Gasteiger partial charge >= 0.3 is 0 Å². The summed E-state index contributed by atoms with van der Waals surface area (Å²) >= 11 is 0. The molecule has 0 spiro atoms. The lowest BCUT2D eigenvalue weighted by atomic mass is 10.2. The van der Waals surface area contributed by atoms with Crippen molar-refractivity contribution in [3.8, 4) is 11.8 Å². The van der Waals surface area contributed by atoms with Crippen LogP contribution in [0.2, 0.25) is 0 Å². The number of benzene rings is 1. The molecule has 1 aromatic carbocycles. The summed E-state index contributed by atoms with van der Waals surface area (Å²) in [6.45, 7) is 3.86. The summed E-state index contributed by atoms with van der Waals surface area (Å²) in [4.78, 5) is 8.28. The molecule has 2 aromatic heterocycles. The fourth-order valence-corrected chi connectivity index (χ4v) is 2.48. The second-order valence-corrected chi connectivity index (χ2v) is 4.78. The van der Waals surface area contributed by atoms with Gasteiger partial charge in [-0.15, -0.1) is 0 Å². The molecular formula is C15H12FN5. The van der Waals surface area contributed by atoms with E-state index in [-0.39, 0.29) is 5.56 Å². The zero-order valence-electron chi connectivity index (χ0n) is 11.6. The first kappa shape index (κ1) is 13.1. The van der Waals surface area contributed by atoms with Crippen LogP contribution < -0.4 is 5.73 Å². The Morgan fingerprint density at radius 3 is 2.76 bits per heavy atom. The molecule has 0 aliphatic rings. The van der Waals surface area contributed by atoms with E-state index in [0.717, 1.165) is 16.6 Å². The molecule has 0 fully saturated rings. The van der Waals surface area contributed by atoms with E-state index in [1.165, 1.54) is 18.5 Å². The molecule has 0 bridgehead atoms. The van der Waals surface area contributed by atoms with Gasteiger partial charge in [0, 0.05) is 11.4 Å². The second-order valence-electron chi connectivity index (χ2n) is 4.78. The zero-order valence-corrected chi connectivity index (χ0v) is 11.6. The summed E-state index contributed by atoms with van der Waals surface area (Å²) in [5.74, 6) is -0.136. The van der Waals surface area contributed by atoms with Crippen LogP contribution in [-0.4, -0.2) is 14.5 Å². The zero-order chi connectivity index (χ0) is 15.1. The van der Waals surface area contributed by atoms with Crippen LogP contribution in [0.4, 0.5) is 10.2 Å². The van der Waals surface area contributed by atoms with Crippen LogP contribution in [0.15, 0.2) is 24.5 Å². The average molecular weight is 281 g/mol. The van der Waals surface area contributed by atoms with Crippen molar-refractivity contribution < 1.29 is 4.39 Å². The minimum Gasteiger partial charge on any atom is -0.383 e. The maximum atomic E-state index is 13.5. The van der Waals surface area contributed by atoms with E-state index in [4.69, 9.17) is 11.0 Å². The molecule has 0 aliphatic heterocycles. The van der Waals surface area contributed by atoms with E-state index in [1.807, 2.05) is 24.5 Å². The molecule has 0 atom stereocenters. The number of aromatic nitrogens is 3. The Labute approximate surface area is 120 Å². The van der Waals surface area contributed by atoms with Gasteiger partial charge in [0.05, 0.1) is 10.9 Å². The van der Waals surface area contributed by atoms with E-state index in [1.54, 1.807) is 6.07 Å². The quantitative estimate of drug-likeness (QED) is 0.743. The van der Waals surface area contributed by atoms with E-state index in [0.29, 0.717) is 17.2 Å². The summed E-state index contributed by atoms with van der Waals surface area (Å²) in [5, 5.41) is 9.75. The number of nitriles is 1. The predicted molar refractivity (Wildman–Crippen MR) is 77.4 cm³/mol. The van der Waals surface area contributed by atoms with Gasteiger partial charge in [0.25, 0.3) is 0 Å². The van der Waals surface area contributed by atoms with E-state index < -0.39 is 5.82 Å². The van der Waals surface area contributed by atoms with Crippen LogP contribution in [0.3, 0.4) is 0 Å². The Morgan fingerprint density at radius 2 is 2.05 bits per heavy atom. The summed E-state index contributed by atoms with van der Waals surface area (Å²) < 4.78 is 15.3. The number of anilines is 1. The smallest absolute Gasteiger partial charge is 0.150 e. The molecule has 2 N–H and O–H groups in total. The van der Waals surface area contributed by atoms with Crippen molar-refractivity contribution in [2.45, 2.75) is 13.8 Å².